The van der Waals surface area contributed by atoms with Crippen molar-refractivity contribution in [2.24, 2.45) is 0 Å². The first-order valence-corrected chi connectivity index (χ1v) is 24.1. The largest absolute Gasteiger partial charge is 0.486 e. The van der Waals surface area contributed by atoms with Crippen molar-refractivity contribution in [3.63, 3.8) is 0 Å². The predicted molar refractivity (Wildman–Crippen MR) is 258 cm³/mol. The van der Waals surface area contributed by atoms with E-state index in [2.05, 4.69) is 76.6 Å². The fourth-order valence-electron chi connectivity index (χ4n) is 8.34. The van der Waals surface area contributed by atoms with Gasteiger partial charge in [-0.2, -0.15) is 0 Å². The van der Waals surface area contributed by atoms with E-state index < -0.39 is 33.5 Å². The van der Waals surface area contributed by atoms with Crippen molar-refractivity contribution in [1.82, 2.24) is 19.5 Å². The fourth-order valence-corrected chi connectivity index (χ4v) is 9.92. The van der Waals surface area contributed by atoms with Gasteiger partial charge in [0.2, 0.25) is 5.71 Å². The zero-order valence-corrected chi connectivity index (χ0v) is 39.0. The number of halogens is 1. The van der Waals surface area contributed by atoms with Crippen molar-refractivity contribution in [2.75, 3.05) is 0 Å². The van der Waals surface area contributed by atoms with E-state index in [1.54, 1.807) is 32.2 Å². The van der Waals surface area contributed by atoms with Crippen LogP contribution in [0.1, 0.15) is 46.2 Å². The number of aryl methyl sites for hydroxylation is 2. The third kappa shape index (κ3) is 7.47. The summed E-state index contributed by atoms with van der Waals surface area (Å²) in [6.07, 6.45) is 1.71. The number of pyridine rings is 2. The summed E-state index contributed by atoms with van der Waals surface area (Å²) in [6, 6.07) is 48.0. The van der Waals surface area contributed by atoms with Crippen LogP contribution in [0, 0.1) is 31.7 Å². The Hall–Kier alpha value is -6.51. The molecule has 0 amide bonds. The Morgan fingerprint density at radius 2 is 1.52 bits per heavy atom. The van der Waals surface area contributed by atoms with Gasteiger partial charge in [0, 0.05) is 63.7 Å². The van der Waals surface area contributed by atoms with Gasteiger partial charge in [-0.05, 0) is 71.7 Å². The summed E-state index contributed by atoms with van der Waals surface area (Å²) < 4.78 is 84.1. The first-order valence-electron chi connectivity index (χ1n) is 24.1. The van der Waals surface area contributed by atoms with Crippen molar-refractivity contribution in [1.29, 1.82) is 0 Å². The van der Waals surface area contributed by atoms with Gasteiger partial charge < -0.3 is 18.4 Å². The fraction of sp³-hybridized carbons (Fsp3) is 0.145. The van der Waals surface area contributed by atoms with Gasteiger partial charge in [0.15, 0.2) is 0 Å². The third-order valence-electron chi connectivity index (χ3n) is 11.4. The van der Waals surface area contributed by atoms with Gasteiger partial charge in [-0.25, -0.2) is 4.98 Å². The zero-order valence-electron chi connectivity index (χ0n) is 42.6. The molecule has 0 saturated carbocycles. The average Bonchev–Trinajstić information content (AvgIpc) is 4.02. The second-order valence-corrected chi connectivity index (χ2v) is 21.8. The van der Waals surface area contributed by atoms with Crippen molar-refractivity contribution in [3.8, 4) is 39.5 Å². The molecule has 9 heteroatoms. The van der Waals surface area contributed by atoms with Gasteiger partial charge in [-0.15, -0.1) is 36.4 Å². The zero-order chi connectivity index (χ0) is 49.5. The van der Waals surface area contributed by atoms with Gasteiger partial charge in [-0.1, -0.05) is 135 Å². The topological polar surface area (TPSA) is 69.9 Å². The second kappa shape index (κ2) is 16.9. The summed E-state index contributed by atoms with van der Waals surface area (Å²) in [7, 11) is -1.74. The van der Waals surface area contributed by atoms with Crippen LogP contribution in [0.15, 0.2) is 148 Å². The maximum Gasteiger partial charge on any atom is 0.216 e. The molecule has 11 aromatic rings. The number of benzene rings is 6. The Morgan fingerprint density at radius 1 is 0.750 bits per heavy atom. The molecule has 0 aliphatic carbocycles. The molecule has 0 aliphatic rings. The summed E-state index contributed by atoms with van der Waals surface area (Å²) in [5.41, 5.74) is 8.49. The van der Waals surface area contributed by atoms with Crippen LogP contribution in [0.25, 0.3) is 94.5 Å². The molecule has 6 nitrogen and oxygen atoms in total. The van der Waals surface area contributed by atoms with E-state index >= 15 is 0 Å². The minimum absolute atomic E-state index is 0. The molecular formula is C55H45FIrN4O2Si-2. The predicted octanol–water partition coefficient (Wildman–Crippen LogP) is 14.3. The SMILES string of the molecule is [2H]C([2H])([2H])c1cc[c-]c(-c2cc(C([2H])(C)C)c([Si](C)(C)C)cn2)c1F.[2H]C([2H])([2H])c1ccc2c(n1)oc1c(-c3nc4ccccc4n3-c3ccc(-c4ccccc4)c4oc5ccccc5c34)[c-]ccc12.[Ir]. The normalized spacial score (nSPS) is 13.9. The van der Waals surface area contributed by atoms with Crippen molar-refractivity contribution < 1.29 is 42.9 Å². The van der Waals surface area contributed by atoms with Crippen LogP contribution in [0.4, 0.5) is 4.39 Å². The number of hydrogen-bond acceptors (Lipinski definition) is 5. The van der Waals surface area contributed by atoms with Gasteiger partial charge in [0.25, 0.3) is 0 Å². The number of fused-ring (bicyclic) bond motifs is 7. The Labute approximate surface area is 396 Å². The third-order valence-corrected chi connectivity index (χ3v) is 13.4. The number of hydrogen-bond donors (Lipinski definition) is 0. The van der Waals surface area contributed by atoms with E-state index in [1.807, 2.05) is 72.8 Å². The Kier molecular flexibility index (Phi) is 9.21. The smallest absolute Gasteiger partial charge is 0.216 e. The van der Waals surface area contributed by atoms with Crippen molar-refractivity contribution >= 4 is 68.3 Å². The van der Waals surface area contributed by atoms with Crippen molar-refractivity contribution in [3.05, 3.63) is 174 Å². The maximum atomic E-state index is 14.7. The van der Waals surface area contributed by atoms with Gasteiger partial charge in [-0.3, -0.25) is 9.37 Å². The van der Waals surface area contributed by atoms with Crippen LogP contribution in [0.2, 0.25) is 19.6 Å². The summed E-state index contributed by atoms with van der Waals surface area (Å²) in [5.74, 6) is -1.06. The molecule has 11 rings (SSSR count). The van der Waals surface area contributed by atoms with Crippen LogP contribution in [0.3, 0.4) is 0 Å². The van der Waals surface area contributed by atoms with Gasteiger partial charge >= 0.3 is 0 Å². The number of aromatic nitrogens is 4. The molecular weight excluding hydrogens is 988 g/mol. The molecule has 0 N–H and O–H groups in total. The Morgan fingerprint density at radius 3 is 2.31 bits per heavy atom. The quantitative estimate of drug-likeness (QED) is 0.123. The number of rotatable bonds is 6. The second-order valence-electron chi connectivity index (χ2n) is 16.8. The molecule has 0 aliphatic heterocycles. The van der Waals surface area contributed by atoms with E-state index in [0.29, 0.717) is 22.7 Å². The first-order chi connectivity index (χ1) is 33.2. The van der Waals surface area contributed by atoms with Crippen LogP contribution >= 0.6 is 0 Å². The Balaban J connectivity index is 0.000000206. The molecule has 0 unspecified atom stereocenters. The molecule has 1 radical (unpaired) electrons. The first kappa shape index (κ1) is 34.9. The summed E-state index contributed by atoms with van der Waals surface area (Å²) in [6.45, 7) is 5.19. The molecule has 0 fully saturated rings. The standard InChI is InChI=1S/C37H22N3O2.C18H23FNSi.Ir/c1-22-18-19-26-25-13-9-14-28(34(25)42-37(26)38-22)36-39-29-15-6-7-16-30(29)40(36)31-21-20-24(23-10-3-2-4-11-23)35-33(31)27-12-5-8-17-32(27)41-35;1-12(2)15-10-16(20-11-17(15)21(4,5)6)14-9-7-8-13(3)18(14)19;/h2-13,15-21H,1H3;7-8,10-12H,1-6H3;/q2*-1;/i1D3;3D3,12D;. The van der Waals surface area contributed by atoms with E-state index in [4.69, 9.17) is 23.4 Å². The van der Waals surface area contributed by atoms with E-state index in [0.717, 1.165) is 71.3 Å². The number of imidazole rings is 1. The van der Waals surface area contributed by atoms with Crippen LogP contribution in [-0.4, -0.2) is 27.6 Å². The molecule has 0 saturated heterocycles. The molecule has 5 aromatic heterocycles. The molecule has 0 spiro atoms. The van der Waals surface area contributed by atoms with Crippen LogP contribution < -0.4 is 5.19 Å². The van der Waals surface area contributed by atoms with E-state index in [9.17, 15) is 4.39 Å². The average molecular weight is 1040 g/mol. The molecule has 319 valence electrons. The number of nitrogens with zero attached hydrogens (tertiary/aromatic N) is 4. The number of furan rings is 2. The number of para-hydroxylation sites is 3. The van der Waals surface area contributed by atoms with E-state index in [1.165, 1.54) is 18.2 Å². The Bertz CT molecular complexity index is 3820. The van der Waals surface area contributed by atoms with Gasteiger partial charge in [0.05, 0.1) is 41.6 Å². The van der Waals surface area contributed by atoms with Crippen LogP contribution in [-0.2, 0) is 20.1 Å². The monoisotopic (exact) mass is 1040 g/mol. The van der Waals surface area contributed by atoms with E-state index in [-0.39, 0.29) is 42.6 Å². The summed E-state index contributed by atoms with van der Waals surface area (Å²) in [4.78, 5) is 13.9. The van der Waals surface area contributed by atoms with Crippen LogP contribution in [0.5, 0.6) is 0 Å². The minimum atomic E-state index is -2.54. The molecule has 0 atom stereocenters. The van der Waals surface area contributed by atoms with Gasteiger partial charge in [0.1, 0.15) is 11.2 Å². The molecule has 0 bridgehead atoms. The minimum Gasteiger partial charge on any atom is -0.486 e. The summed E-state index contributed by atoms with van der Waals surface area (Å²) in [5, 5.41) is 4.55. The maximum absolute atomic E-state index is 14.7. The molecule has 6 aromatic carbocycles. The summed E-state index contributed by atoms with van der Waals surface area (Å²) >= 11 is 0. The molecule has 64 heavy (non-hydrogen) atoms. The van der Waals surface area contributed by atoms with Crippen molar-refractivity contribution in [2.45, 2.75) is 53.1 Å². The molecule has 5 heterocycles.